The molecule has 1 amide bonds. The smallest absolute Gasteiger partial charge is 0.255 e. The molecule has 0 fully saturated rings. The second-order valence-corrected chi connectivity index (χ2v) is 2.05. The second-order valence-electron chi connectivity index (χ2n) is 1.82. The number of carbonyl (C=O) groups excluding carboxylic acids is 1. The molecule has 0 radical (unpaired) electrons. The van der Waals surface area contributed by atoms with Gasteiger partial charge in [-0.2, -0.15) is 0 Å². The third-order valence-corrected chi connectivity index (χ3v) is 0.711. The lowest BCUT2D eigenvalue weighted by Gasteiger charge is -1.88. The molecule has 2 nitrogen and oxygen atoms in total. The van der Waals surface area contributed by atoms with E-state index in [-0.39, 0.29) is 5.91 Å². The van der Waals surface area contributed by atoms with Crippen molar-refractivity contribution in [3.8, 4) is 5.31 Å². The summed E-state index contributed by atoms with van der Waals surface area (Å²) < 4.78 is 0. The van der Waals surface area contributed by atoms with Crippen molar-refractivity contribution in [1.82, 2.24) is 5.32 Å². The minimum Gasteiger partial charge on any atom is -0.280 e. The molecule has 0 rings (SSSR count). The van der Waals surface area contributed by atoms with Crippen LogP contribution in [0.25, 0.3) is 0 Å². The predicted octanol–water partition coefficient (Wildman–Crippen LogP) is 0.915. The summed E-state index contributed by atoms with van der Waals surface area (Å²) in [5.41, 5.74) is 0.955. The summed E-state index contributed by atoms with van der Waals surface area (Å²) in [6, 6.07) is 0. The first kappa shape index (κ1) is 8.21. The van der Waals surface area contributed by atoms with Crippen LogP contribution in [-0.2, 0) is 4.79 Å². The minimum absolute atomic E-state index is 0.190. The van der Waals surface area contributed by atoms with Gasteiger partial charge >= 0.3 is 0 Å². The van der Waals surface area contributed by atoms with Gasteiger partial charge in [-0.25, -0.2) is 0 Å². The summed E-state index contributed by atoms with van der Waals surface area (Å²) in [5.74, 6) is -0.190. The fourth-order valence-corrected chi connectivity index (χ4v) is 0.464. The molecule has 1 N–H and O–H groups in total. The molecule has 0 unspecified atom stereocenters. The molecule has 0 aliphatic carbocycles. The van der Waals surface area contributed by atoms with Crippen LogP contribution in [0.2, 0.25) is 0 Å². The van der Waals surface area contributed by atoms with Crippen LogP contribution in [0.1, 0.15) is 13.8 Å². The van der Waals surface area contributed by atoms with E-state index in [0.29, 0.717) is 0 Å². The number of hydrogen-bond donors (Lipinski definition) is 2. The molecule has 3 heteroatoms. The Morgan fingerprint density at radius 2 is 2.22 bits per heavy atom. The topological polar surface area (TPSA) is 29.1 Å². The number of allylic oxidation sites excluding steroid dienone is 1. The van der Waals surface area contributed by atoms with Crippen LogP contribution in [0.15, 0.2) is 11.6 Å². The summed E-state index contributed by atoms with van der Waals surface area (Å²) in [7, 11) is 0. The number of hydrogen-bond acceptors (Lipinski definition) is 1. The maximum absolute atomic E-state index is 10.6. The summed E-state index contributed by atoms with van der Waals surface area (Å²) >= 11 is 3.57. The van der Waals surface area contributed by atoms with Crippen molar-refractivity contribution in [3.05, 3.63) is 11.6 Å². The lowest BCUT2D eigenvalue weighted by molar-refractivity contribution is -0.115. The highest BCUT2D eigenvalue weighted by Gasteiger charge is 1.88. The average Bonchev–Trinajstić information content (AvgIpc) is 1.63. The normalized spacial score (nSPS) is 7.33. The van der Waals surface area contributed by atoms with Gasteiger partial charge in [0.25, 0.3) is 5.91 Å². The highest BCUT2D eigenvalue weighted by Crippen LogP contribution is 1.85. The molecule has 0 heterocycles. The number of rotatable bonds is 1. The van der Waals surface area contributed by atoms with E-state index in [4.69, 9.17) is 0 Å². The predicted molar refractivity (Wildman–Crippen MR) is 40.4 cm³/mol. The van der Waals surface area contributed by atoms with Crippen LogP contribution in [0.4, 0.5) is 0 Å². The number of nitrogens with one attached hydrogen (secondary N) is 1. The van der Waals surface area contributed by atoms with Crippen LogP contribution >= 0.6 is 12.0 Å². The van der Waals surface area contributed by atoms with E-state index in [1.807, 2.05) is 13.8 Å². The Bertz CT molecular complexity index is 174. The number of amides is 1. The summed E-state index contributed by atoms with van der Waals surface area (Å²) in [6.07, 6.45) is 1.48. The first-order chi connectivity index (χ1) is 4.16. The molecule has 0 saturated heterocycles. The zero-order valence-electron chi connectivity index (χ0n) is 5.43. The molecule has 0 atom stereocenters. The maximum atomic E-state index is 10.6. The molecular weight excluding hydrogens is 134 g/mol. The first-order valence-corrected chi connectivity index (χ1v) is 2.95. The van der Waals surface area contributed by atoms with Crippen molar-refractivity contribution < 1.29 is 4.79 Å². The third kappa shape index (κ3) is 5.07. The first-order valence-electron chi connectivity index (χ1n) is 2.51. The molecule has 0 aliphatic heterocycles. The molecular formula is C6H9NOS. The average molecular weight is 143 g/mol. The van der Waals surface area contributed by atoms with E-state index in [1.54, 1.807) is 0 Å². The van der Waals surface area contributed by atoms with Crippen molar-refractivity contribution in [2.24, 2.45) is 0 Å². The van der Waals surface area contributed by atoms with Gasteiger partial charge in [0, 0.05) is 11.4 Å². The molecule has 0 spiro atoms. The molecule has 9 heavy (non-hydrogen) atoms. The van der Waals surface area contributed by atoms with E-state index in [2.05, 4.69) is 22.7 Å². The summed E-state index contributed by atoms with van der Waals surface area (Å²) in [4.78, 5) is 10.6. The maximum Gasteiger partial charge on any atom is 0.255 e. The zero-order chi connectivity index (χ0) is 7.28. The largest absolute Gasteiger partial charge is 0.280 e. The third-order valence-electron chi connectivity index (χ3n) is 0.599. The van der Waals surface area contributed by atoms with Crippen LogP contribution in [0, 0.1) is 5.31 Å². The van der Waals surface area contributed by atoms with E-state index in [0.717, 1.165) is 5.57 Å². The zero-order valence-corrected chi connectivity index (χ0v) is 6.33. The molecule has 50 valence electrons. The number of thiol groups is 1. The van der Waals surface area contributed by atoms with Gasteiger partial charge in [0.15, 0.2) is 0 Å². The molecule has 0 bridgehead atoms. The minimum atomic E-state index is -0.190. The van der Waals surface area contributed by atoms with E-state index < -0.39 is 0 Å². The van der Waals surface area contributed by atoms with Gasteiger partial charge in [0.2, 0.25) is 0 Å². The highest BCUT2D eigenvalue weighted by atomic mass is 32.1. The van der Waals surface area contributed by atoms with E-state index in [1.165, 1.54) is 6.08 Å². The van der Waals surface area contributed by atoms with Gasteiger partial charge in [-0.15, -0.1) is 12.0 Å². The van der Waals surface area contributed by atoms with Crippen LogP contribution in [0.5, 0.6) is 0 Å². The highest BCUT2D eigenvalue weighted by molar-refractivity contribution is 7.68. The van der Waals surface area contributed by atoms with Crippen LogP contribution in [-0.4, -0.2) is 5.91 Å². The molecule has 0 aliphatic rings. The van der Waals surface area contributed by atoms with Crippen molar-refractivity contribution in [2.45, 2.75) is 13.8 Å². The molecule has 0 aromatic carbocycles. The Balaban J connectivity index is 3.81. The fraction of sp³-hybridized carbons (Fsp3) is 0.333. The Morgan fingerprint density at radius 3 is 2.56 bits per heavy atom. The van der Waals surface area contributed by atoms with Crippen molar-refractivity contribution in [2.75, 3.05) is 0 Å². The fourth-order valence-electron chi connectivity index (χ4n) is 0.353. The van der Waals surface area contributed by atoms with Crippen LogP contribution in [0.3, 0.4) is 0 Å². The lowest BCUT2D eigenvalue weighted by Crippen LogP contribution is -2.13. The molecule has 0 saturated carbocycles. The van der Waals surface area contributed by atoms with E-state index in [9.17, 15) is 4.79 Å². The molecule has 0 aromatic rings. The second kappa shape index (κ2) is 4.13. The lowest BCUT2D eigenvalue weighted by atomic mass is 10.3. The van der Waals surface area contributed by atoms with Gasteiger partial charge in [-0.05, 0) is 13.8 Å². The van der Waals surface area contributed by atoms with Gasteiger partial charge in [0.1, 0.15) is 0 Å². The van der Waals surface area contributed by atoms with Crippen molar-refractivity contribution in [3.63, 3.8) is 0 Å². The molecule has 0 aromatic heterocycles. The Kier molecular flexibility index (Phi) is 3.76. The monoisotopic (exact) mass is 143 g/mol. The Labute approximate surface area is 59.6 Å². The Morgan fingerprint density at radius 1 is 1.67 bits per heavy atom. The van der Waals surface area contributed by atoms with Crippen molar-refractivity contribution in [1.29, 1.82) is 0 Å². The van der Waals surface area contributed by atoms with E-state index >= 15 is 0 Å². The quantitative estimate of drug-likeness (QED) is 0.319. The standard InChI is InChI=1S/C6H9NOS/c1-5(2)3-6(8)7-4-9/h3,9H,1-2H3,(H,7,8). The number of carbonyl (C=O) groups is 1. The van der Waals surface area contributed by atoms with Gasteiger partial charge in [0.05, 0.1) is 0 Å². The van der Waals surface area contributed by atoms with Gasteiger partial charge in [-0.1, -0.05) is 5.57 Å². The summed E-state index contributed by atoms with van der Waals surface area (Å²) in [6.45, 7) is 3.69. The van der Waals surface area contributed by atoms with Crippen molar-refractivity contribution >= 4 is 17.9 Å². The van der Waals surface area contributed by atoms with Gasteiger partial charge in [-0.3, -0.25) is 10.1 Å². The van der Waals surface area contributed by atoms with Gasteiger partial charge < -0.3 is 0 Å². The SMILES string of the molecule is CC(C)=CC(=O)NC#[SH]. The summed E-state index contributed by atoms with van der Waals surface area (Å²) in [5, 5.41) is 4.50. The Hall–Kier alpha value is -0.790. The van der Waals surface area contributed by atoms with Crippen LogP contribution < -0.4 is 5.32 Å².